The number of carbonyl (C=O) groups excluding carboxylic acids is 2. The number of H-pyrrole nitrogens is 1. The minimum absolute atomic E-state index is 0.209. The van der Waals surface area contributed by atoms with E-state index in [9.17, 15) is 9.59 Å². The number of aromatic nitrogens is 3. The van der Waals surface area contributed by atoms with Crippen LogP contribution in [0.2, 0.25) is 0 Å². The van der Waals surface area contributed by atoms with E-state index in [0.717, 1.165) is 27.5 Å². The number of hydrogen-bond donors (Lipinski definition) is 2. The van der Waals surface area contributed by atoms with Gasteiger partial charge in [-0.25, -0.2) is 4.98 Å². The molecule has 28 heavy (non-hydrogen) atoms. The Labute approximate surface area is 160 Å². The lowest BCUT2D eigenvalue weighted by Gasteiger charge is -2.31. The van der Waals surface area contributed by atoms with E-state index >= 15 is 0 Å². The molecule has 140 valence electrons. The number of aromatic amines is 1. The molecule has 0 unspecified atom stereocenters. The minimum atomic E-state index is -1.01. The maximum absolute atomic E-state index is 12.9. The number of benzene rings is 2. The van der Waals surface area contributed by atoms with E-state index in [1.807, 2.05) is 59.3 Å². The number of para-hydroxylation sites is 3. The molecule has 1 aliphatic heterocycles. The van der Waals surface area contributed by atoms with Gasteiger partial charge >= 0.3 is 5.97 Å². The quantitative estimate of drug-likeness (QED) is 0.426. The van der Waals surface area contributed by atoms with Crippen molar-refractivity contribution in [1.82, 2.24) is 14.5 Å². The lowest BCUT2D eigenvalue weighted by atomic mass is 9.90. The molecule has 0 spiro atoms. The third kappa shape index (κ3) is 2.32. The number of fused-ring (bicyclic) bond motifs is 4. The monoisotopic (exact) mass is 374 g/mol. The molecule has 0 saturated carbocycles. The molecule has 5 rings (SSSR count). The Morgan fingerprint density at radius 3 is 2.82 bits per heavy atom. The smallest absolute Gasteiger partial charge is 0.321 e. The molecule has 0 radical (unpaired) electrons. The minimum Gasteiger partial charge on any atom is -0.465 e. The number of rotatable bonds is 3. The van der Waals surface area contributed by atoms with Crippen molar-refractivity contribution in [2.24, 2.45) is 5.92 Å². The number of esters is 1. The van der Waals surface area contributed by atoms with E-state index in [1.54, 1.807) is 6.92 Å². The van der Waals surface area contributed by atoms with Crippen LogP contribution in [-0.4, -0.2) is 33.0 Å². The fourth-order valence-electron chi connectivity index (χ4n) is 4.02. The highest BCUT2D eigenvalue weighted by molar-refractivity contribution is 6.08. The van der Waals surface area contributed by atoms with Gasteiger partial charge in [0.15, 0.2) is 5.92 Å². The Morgan fingerprint density at radius 1 is 1.18 bits per heavy atom. The normalized spacial score (nSPS) is 18.8. The van der Waals surface area contributed by atoms with Gasteiger partial charge in [0.25, 0.3) is 0 Å². The average Bonchev–Trinajstić information content (AvgIpc) is 3.28. The molecule has 0 aliphatic carbocycles. The molecule has 3 heterocycles. The molecule has 2 atom stereocenters. The third-order valence-corrected chi connectivity index (χ3v) is 5.19. The van der Waals surface area contributed by atoms with E-state index in [2.05, 4.69) is 15.3 Å². The second-order valence-corrected chi connectivity index (χ2v) is 6.75. The van der Waals surface area contributed by atoms with Crippen molar-refractivity contribution in [2.45, 2.75) is 13.0 Å². The van der Waals surface area contributed by atoms with Gasteiger partial charge in [-0.1, -0.05) is 30.3 Å². The van der Waals surface area contributed by atoms with Crippen molar-refractivity contribution in [3.05, 3.63) is 60.3 Å². The van der Waals surface area contributed by atoms with E-state index in [4.69, 9.17) is 4.74 Å². The summed E-state index contributed by atoms with van der Waals surface area (Å²) in [6.07, 6.45) is 1.86. The van der Waals surface area contributed by atoms with Crippen molar-refractivity contribution in [3.63, 3.8) is 0 Å². The first-order valence-corrected chi connectivity index (χ1v) is 9.19. The Balaban J connectivity index is 1.80. The molecule has 1 aliphatic rings. The largest absolute Gasteiger partial charge is 0.465 e. The van der Waals surface area contributed by atoms with Gasteiger partial charge in [-0.3, -0.25) is 14.9 Å². The number of anilines is 1. The Morgan fingerprint density at radius 2 is 1.96 bits per heavy atom. The highest BCUT2D eigenvalue weighted by atomic mass is 16.5. The molecule has 2 aromatic carbocycles. The zero-order valence-corrected chi connectivity index (χ0v) is 15.2. The van der Waals surface area contributed by atoms with Gasteiger partial charge in [0.2, 0.25) is 11.9 Å². The van der Waals surface area contributed by atoms with Crippen LogP contribution in [0.5, 0.6) is 0 Å². The standard InChI is InChI=1S/C21H18N4O3/c1-2-28-20(27)17-18(13-11-22-14-8-4-3-7-12(13)14)25-16-10-6-5-9-15(16)23-21(25)24-19(17)26/h3-11,17-18,22H,2H2,1H3,(H,23,24,26)/t17-,18+/m1/s1. The topological polar surface area (TPSA) is 89.0 Å². The van der Waals surface area contributed by atoms with Gasteiger partial charge in [-0.05, 0) is 25.1 Å². The van der Waals surface area contributed by atoms with Gasteiger partial charge in [0, 0.05) is 22.7 Å². The second-order valence-electron chi connectivity index (χ2n) is 6.75. The first-order chi connectivity index (χ1) is 13.7. The average molecular weight is 374 g/mol. The molecule has 0 bridgehead atoms. The Bertz CT molecular complexity index is 1220. The highest BCUT2D eigenvalue weighted by Gasteiger charge is 2.44. The van der Waals surface area contributed by atoms with Crippen LogP contribution in [0.3, 0.4) is 0 Å². The maximum atomic E-state index is 12.9. The van der Waals surface area contributed by atoms with Gasteiger partial charge in [-0.2, -0.15) is 0 Å². The molecule has 0 saturated heterocycles. The molecule has 7 nitrogen and oxygen atoms in total. The molecule has 2 N–H and O–H groups in total. The summed E-state index contributed by atoms with van der Waals surface area (Å²) in [7, 11) is 0. The van der Waals surface area contributed by atoms with Crippen LogP contribution < -0.4 is 5.32 Å². The predicted octanol–water partition coefficient (Wildman–Crippen LogP) is 3.24. The number of amides is 1. The summed E-state index contributed by atoms with van der Waals surface area (Å²) in [6, 6.07) is 14.9. The van der Waals surface area contributed by atoms with E-state index < -0.39 is 23.8 Å². The summed E-state index contributed by atoms with van der Waals surface area (Å²) in [5, 5.41) is 3.74. The van der Waals surface area contributed by atoms with Gasteiger partial charge in [-0.15, -0.1) is 0 Å². The summed E-state index contributed by atoms with van der Waals surface area (Å²) in [5.74, 6) is -1.53. The van der Waals surface area contributed by atoms with E-state index in [1.165, 1.54) is 0 Å². The van der Waals surface area contributed by atoms with E-state index in [-0.39, 0.29) is 6.61 Å². The zero-order valence-electron chi connectivity index (χ0n) is 15.2. The number of nitrogens with zero attached hydrogens (tertiary/aromatic N) is 2. The molecule has 0 fully saturated rings. The van der Waals surface area contributed by atoms with Crippen LogP contribution in [0.15, 0.2) is 54.7 Å². The molecule has 4 aromatic rings. The summed E-state index contributed by atoms with van der Waals surface area (Å²) < 4.78 is 7.18. The molecule has 1 amide bonds. The van der Waals surface area contributed by atoms with Gasteiger partial charge in [0.1, 0.15) is 0 Å². The number of hydrogen-bond acceptors (Lipinski definition) is 4. The van der Waals surface area contributed by atoms with Crippen molar-refractivity contribution in [2.75, 3.05) is 11.9 Å². The van der Waals surface area contributed by atoms with Crippen LogP contribution in [0.25, 0.3) is 21.9 Å². The molecular weight excluding hydrogens is 356 g/mol. The summed E-state index contributed by atoms with van der Waals surface area (Å²) in [5.41, 5.74) is 3.40. The van der Waals surface area contributed by atoms with Crippen LogP contribution in [-0.2, 0) is 14.3 Å². The third-order valence-electron chi connectivity index (χ3n) is 5.19. The lowest BCUT2D eigenvalue weighted by molar-refractivity contribution is -0.152. The van der Waals surface area contributed by atoms with Crippen molar-refractivity contribution < 1.29 is 14.3 Å². The van der Waals surface area contributed by atoms with E-state index in [0.29, 0.717) is 5.95 Å². The number of imidazole rings is 1. The first-order valence-electron chi connectivity index (χ1n) is 9.19. The van der Waals surface area contributed by atoms with Gasteiger partial charge < -0.3 is 14.3 Å². The number of carbonyl (C=O) groups is 2. The first kappa shape index (κ1) is 16.6. The lowest BCUT2D eigenvalue weighted by Crippen LogP contribution is -2.43. The second kappa shape index (κ2) is 6.23. The summed E-state index contributed by atoms with van der Waals surface area (Å²) in [6.45, 7) is 1.94. The SMILES string of the molecule is CCOC(=O)[C@H]1C(=O)Nc2nc3ccccc3n2[C@H]1c1c[nH]c2ccccc12. The number of ether oxygens (including phenoxy) is 1. The maximum Gasteiger partial charge on any atom is 0.321 e. The van der Waals surface area contributed by atoms with Crippen LogP contribution in [0, 0.1) is 5.92 Å². The molecule has 7 heteroatoms. The van der Waals surface area contributed by atoms with Crippen LogP contribution in [0.1, 0.15) is 18.5 Å². The summed E-state index contributed by atoms with van der Waals surface area (Å²) in [4.78, 5) is 33.5. The van der Waals surface area contributed by atoms with Crippen molar-refractivity contribution in [3.8, 4) is 0 Å². The zero-order chi connectivity index (χ0) is 19.3. The summed E-state index contributed by atoms with van der Waals surface area (Å²) >= 11 is 0. The fraction of sp³-hybridized carbons (Fsp3) is 0.190. The Hall–Kier alpha value is -3.61. The number of nitrogens with one attached hydrogen (secondary N) is 2. The fourth-order valence-corrected chi connectivity index (χ4v) is 4.02. The molecule has 2 aromatic heterocycles. The highest BCUT2D eigenvalue weighted by Crippen LogP contribution is 2.40. The van der Waals surface area contributed by atoms with Crippen molar-refractivity contribution >= 4 is 39.8 Å². The van der Waals surface area contributed by atoms with Crippen molar-refractivity contribution in [1.29, 1.82) is 0 Å². The van der Waals surface area contributed by atoms with Gasteiger partial charge in [0.05, 0.1) is 23.7 Å². The Kier molecular flexibility index (Phi) is 3.68. The molecular formula is C21H18N4O3. The van der Waals surface area contributed by atoms with Crippen LogP contribution >= 0.6 is 0 Å². The predicted molar refractivity (Wildman–Crippen MR) is 105 cm³/mol. The van der Waals surface area contributed by atoms with Crippen LogP contribution in [0.4, 0.5) is 5.95 Å².